The summed E-state index contributed by atoms with van der Waals surface area (Å²) in [6.45, 7) is 8.31. The first-order valence-corrected chi connectivity index (χ1v) is 7.62. The molecule has 1 atom stereocenters. The van der Waals surface area contributed by atoms with Crippen LogP contribution in [0.3, 0.4) is 0 Å². The van der Waals surface area contributed by atoms with Crippen LogP contribution in [0.1, 0.15) is 85.5 Å². The van der Waals surface area contributed by atoms with Gasteiger partial charge in [-0.2, -0.15) is 0 Å². The van der Waals surface area contributed by atoms with Crippen LogP contribution in [-0.4, -0.2) is 11.1 Å². The average molecular weight is 256 g/mol. The van der Waals surface area contributed by atoms with Crippen molar-refractivity contribution in [3.63, 3.8) is 0 Å². The zero-order valence-electron chi connectivity index (χ0n) is 12.8. The second-order valence-corrected chi connectivity index (χ2v) is 6.52. The maximum Gasteiger partial charge on any atom is 0.307 e. The summed E-state index contributed by atoms with van der Waals surface area (Å²) in [5.41, 5.74) is -0.118. The monoisotopic (exact) mass is 256 g/mol. The third-order valence-electron chi connectivity index (χ3n) is 3.69. The second kappa shape index (κ2) is 9.41. The molecular formula is C16H32O2. The Morgan fingerprint density at radius 3 is 1.78 bits per heavy atom. The molecule has 0 bridgehead atoms. The Balaban J connectivity index is 3.60. The molecule has 0 aliphatic carbocycles. The van der Waals surface area contributed by atoms with E-state index in [1.807, 2.05) is 20.8 Å². The zero-order valence-corrected chi connectivity index (χ0v) is 12.8. The highest BCUT2D eigenvalue weighted by Crippen LogP contribution is 2.30. The van der Waals surface area contributed by atoms with Gasteiger partial charge >= 0.3 is 5.97 Å². The number of carboxylic acid groups (broad SMARTS) is 1. The molecule has 108 valence electrons. The van der Waals surface area contributed by atoms with Gasteiger partial charge in [-0.15, -0.1) is 0 Å². The van der Waals surface area contributed by atoms with Crippen LogP contribution in [0.4, 0.5) is 0 Å². The van der Waals surface area contributed by atoms with E-state index in [1.54, 1.807) is 0 Å². The molecule has 1 N–H and O–H groups in total. The van der Waals surface area contributed by atoms with E-state index in [0.29, 0.717) is 0 Å². The first kappa shape index (κ1) is 17.5. The minimum absolute atomic E-state index is 0.118. The Bertz CT molecular complexity index is 216. The molecule has 0 aliphatic heterocycles. The van der Waals surface area contributed by atoms with Crippen LogP contribution in [0.5, 0.6) is 0 Å². The predicted molar refractivity (Wildman–Crippen MR) is 77.8 cm³/mol. The maximum absolute atomic E-state index is 11.2. The third kappa shape index (κ3) is 8.54. The van der Waals surface area contributed by atoms with Crippen molar-refractivity contribution in [2.45, 2.75) is 85.5 Å². The lowest BCUT2D eigenvalue weighted by Crippen LogP contribution is -2.28. The van der Waals surface area contributed by atoms with Crippen LogP contribution >= 0.6 is 0 Å². The van der Waals surface area contributed by atoms with E-state index in [1.165, 1.54) is 44.9 Å². The van der Waals surface area contributed by atoms with Gasteiger partial charge in [-0.3, -0.25) is 4.79 Å². The van der Waals surface area contributed by atoms with Crippen molar-refractivity contribution in [1.82, 2.24) is 0 Å². The number of hydrogen-bond acceptors (Lipinski definition) is 1. The van der Waals surface area contributed by atoms with E-state index in [0.717, 1.165) is 12.8 Å². The number of carboxylic acids is 1. The first-order chi connectivity index (χ1) is 8.39. The Kier molecular flexibility index (Phi) is 9.13. The van der Waals surface area contributed by atoms with E-state index in [9.17, 15) is 9.90 Å². The zero-order chi connectivity index (χ0) is 14.0. The first-order valence-electron chi connectivity index (χ1n) is 7.62. The summed E-state index contributed by atoms with van der Waals surface area (Å²) in [6.07, 6.45) is 11.0. The fraction of sp³-hybridized carbons (Fsp3) is 0.938. The molecule has 0 aromatic rings. The normalized spacial score (nSPS) is 13.6. The lowest BCUT2D eigenvalue weighted by Gasteiger charge is -2.26. The molecule has 0 spiro atoms. The number of rotatable bonds is 10. The Morgan fingerprint density at radius 1 is 0.944 bits per heavy atom. The summed E-state index contributed by atoms with van der Waals surface area (Å²) in [5, 5.41) is 9.21. The number of aliphatic carboxylic acids is 1. The summed E-state index contributed by atoms with van der Waals surface area (Å²) >= 11 is 0. The van der Waals surface area contributed by atoms with E-state index < -0.39 is 5.97 Å². The van der Waals surface area contributed by atoms with Gasteiger partial charge in [-0.05, 0) is 11.8 Å². The third-order valence-corrected chi connectivity index (χ3v) is 3.69. The molecule has 1 unspecified atom stereocenters. The molecule has 0 heterocycles. The van der Waals surface area contributed by atoms with Crippen molar-refractivity contribution in [1.29, 1.82) is 0 Å². The van der Waals surface area contributed by atoms with E-state index in [4.69, 9.17) is 0 Å². The van der Waals surface area contributed by atoms with Gasteiger partial charge in [0.15, 0.2) is 0 Å². The molecule has 2 heteroatoms. The van der Waals surface area contributed by atoms with Crippen LogP contribution in [0, 0.1) is 11.3 Å². The lowest BCUT2D eigenvalue weighted by molar-refractivity contribution is -0.145. The highest BCUT2D eigenvalue weighted by molar-refractivity contribution is 5.70. The Labute approximate surface area is 113 Å². The minimum atomic E-state index is -0.634. The predicted octanol–water partition coefficient (Wildman–Crippen LogP) is 5.26. The fourth-order valence-electron chi connectivity index (χ4n) is 2.41. The van der Waals surface area contributed by atoms with Crippen LogP contribution in [0.15, 0.2) is 0 Å². The Hall–Kier alpha value is -0.530. The number of hydrogen-bond donors (Lipinski definition) is 1. The van der Waals surface area contributed by atoms with Crippen molar-refractivity contribution in [2.75, 3.05) is 0 Å². The summed E-state index contributed by atoms with van der Waals surface area (Å²) in [6, 6.07) is 0. The molecule has 0 saturated heterocycles. The van der Waals surface area contributed by atoms with Gasteiger partial charge in [0.05, 0.1) is 5.92 Å². The quantitative estimate of drug-likeness (QED) is 0.541. The van der Waals surface area contributed by atoms with Crippen LogP contribution in [-0.2, 0) is 4.79 Å². The van der Waals surface area contributed by atoms with Gasteiger partial charge in [-0.25, -0.2) is 0 Å². The van der Waals surface area contributed by atoms with E-state index >= 15 is 0 Å². The summed E-state index contributed by atoms with van der Waals surface area (Å²) in [7, 11) is 0. The van der Waals surface area contributed by atoms with Gasteiger partial charge in [0.25, 0.3) is 0 Å². The SMILES string of the molecule is CCCCCCCCCCC(C(=O)O)C(C)(C)C. The topological polar surface area (TPSA) is 37.3 Å². The molecule has 0 amide bonds. The molecule has 0 radical (unpaired) electrons. The Morgan fingerprint density at radius 2 is 1.39 bits per heavy atom. The number of carbonyl (C=O) groups is 1. The van der Waals surface area contributed by atoms with Crippen molar-refractivity contribution in [3.8, 4) is 0 Å². The van der Waals surface area contributed by atoms with Crippen LogP contribution < -0.4 is 0 Å². The average Bonchev–Trinajstić information content (AvgIpc) is 2.24. The van der Waals surface area contributed by atoms with Gasteiger partial charge in [-0.1, -0.05) is 79.1 Å². The second-order valence-electron chi connectivity index (χ2n) is 6.52. The summed E-state index contributed by atoms with van der Waals surface area (Å²) in [4.78, 5) is 11.2. The molecule has 0 saturated carbocycles. The molecule has 2 nitrogen and oxygen atoms in total. The van der Waals surface area contributed by atoms with E-state index in [-0.39, 0.29) is 11.3 Å². The molecule has 0 aliphatic rings. The molecule has 0 aromatic carbocycles. The van der Waals surface area contributed by atoms with Crippen molar-refractivity contribution < 1.29 is 9.90 Å². The smallest absolute Gasteiger partial charge is 0.307 e. The van der Waals surface area contributed by atoms with Crippen LogP contribution in [0.2, 0.25) is 0 Å². The molecule has 18 heavy (non-hydrogen) atoms. The molecule has 0 rings (SSSR count). The van der Waals surface area contributed by atoms with Crippen molar-refractivity contribution >= 4 is 5.97 Å². The van der Waals surface area contributed by atoms with Gasteiger partial charge in [0, 0.05) is 0 Å². The van der Waals surface area contributed by atoms with E-state index in [2.05, 4.69) is 6.92 Å². The molecular weight excluding hydrogens is 224 g/mol. The molecule has 0 aromatic heterocycles. The van der Waals surface area contributed by atoms with Gasteiger partial charge in [0.1, 0.15) is 0 Å². The summed E-state index contributed by atoms with van der Waals surface area (Å²) in [5.74, 6) is -0.831. The lowest BCUT2D eigenvalue weighted by atomic mass is 9.78. The van der Waals surface area contributed by atoms with Gasteiger partial charge in [0.2, 0.25) is 0 Å². The highest BCUT2D eigenvalue weighted by atomic mass is 16.4. The molecule has 0 fully saturated rings. The standard InChI is InChI=1S/C16H32O2/c1-5-6-7-8-9-10-11-12-13-14(15(17)18)16(2,3)4/h14H,5-13H2,1-4H3,(H,17,18). The fourth-order valence-corrected chi connectivity index (χ4v) is 2.41. The maximum atomic E-state index is 11.2. The van der Waals surface area contributed by atoms with Crippen LogP contribution in [0.25, 0.3) is 0 Å². The number of unbranched alkanes of at least 4 members (excludes halogenated alkanes) is 7. The highest BCUT2D eigenvalue weighted by Gasteiger charge is 2.30. The van der Waals surface area contributed by atoms with Crippen molar-refractivity contribution in [2.24, 2.45) is 11.3 Å². The van der Waals surface area contributed by atoms with Gasteiger partial charge < -0.3 is 5.11 Å². The van der Waals surface area contributed by atoms with Crippen molar-refractivity contribution in [3.05, 3.63) is 0 Å². The largest absolute Gasteiger partial charge is 0.481 e. The minimum Gasteiger partial charge on any atom is -0.481 e. The summed E-state index contributed by atoms with van der Waals surface area (Å²) < 4.78 is 0.